The summed E-state index contributed by atoms with van der Waals surface area (Å²) >= 11 is 0. The van der Waals surface area contributed by atoms with Crippen molar-refractivity contribution in [1.82, 2.24) is 14.7 Å². The van der Waals surface area contributed by atoms with Gasteiger partial charge in [-0.15, -0.1) is 0 Å². The van der Waals surface area contributed by atoms with Crippen molar-refractivity contribution in [2.75, 3.05) is 13.1 Å². The van der Waals surface area contributed by atoms with E-state index in [0.717, 1.165) is 29.9 Å². The van der Waals surface area contributed by atoms with E-state index < -0.39 is 17.5 Å². The highest BCUT2D eigenvalue weighted by atomic mass is 19.4. The van der Waals surface area contributed by atoms with Crippen LogP contribution in [0.3, 0.4) is 0 Å². The molecule has 1 fully saturated rings. The quantitative estimate of drug-likeness (QED) is 0.780. The van der Waals surface area contributed by atoms with Gasteiger partial charge in [0.25, 0.3) is 5.78 Å². The van der Waals surface area contributed by atoms with Crippen LogP contribution < -0.4 is 0 Å². The zero-order chi connectivity index (χ0) is 14.0. The van der Waals surface area contributed by atoms with Gasteiger partial charge in [-0.3, -0.25) is 14.3 Å². The Bertz CT molecular complexity index is 490. The minimum Gasteiger partial charge on any atom is -0.341 e. The molecule has 0 aliphatic carbocycles. The summed E-state index contributed by atoms with van der Waals surface area (Å²) in [7, 11) is 0. The molecule has 0 radical (unpaired) electrons. The number of Topliss-reactive ketones (excluding diaryl/α,β-unsaturated/α-hetero) is 1. The van der Waals surface area contributed by atoms with Crippen LogP contribution in [0, 0.1) is 0 Å². The zero-order valence-corrected chi connectivity index (χ0v) is 9.98. The van der Waals surface area contributed by atoms with Gasteiger partial charge >= 0.3 is 6.18 Å². The van der Waals surface area contributed by atoms with E-state index in [9.17, 15) is 22.8 Å². The van der Waals surface area contributed by atoms with E-state index in [1.807, 2.05) is 0 Å². The number of ketones is 1. The normalized spacial score (nSPS) is 15.8. The van der Waals surface area contributed by atoms with Crippen molar-refractivity contribution in [2.24, 2.45) is 0 Å². The molecule has 5 nitrogen and oxygen atoms in total. The highest BCUT2D eigenvalue weighted by Crippen LogP contribution is 2.21. The summed E-state index contributed by atoms with van der Waals surface area (Å²) in [6.45, 7) is 1.17. The molecule has 2 rings (SSSR count). The standard InChI is InChI=1S/C11H12F3N3O2/c12-11(13,14)10(19)8-5-15-17(6-8)7-9(18)16-3-1-2-4-16/h5-6H,1-4,7H2. The van der Waals surface area contributed by atoms with E-state index in [0.29, 0.717) is 13.1 Å². The van der Waals surface area contributed by atoms with E-state index in [2.05, 4.69) is 5.10 Å². The van der Waals surface area contributed by atoms with Crippen LogP contribution in [-0.4, -0.2) is 45.6 Å². The van der Waals surface area contributed by atoms with Gasteiger partial charge in [-0.05, 0) is 12.8 Å². The predicted octanol–water partition coefficient (Wildman–Crippen LogP) is 1.25. The van der Waals surface area contributed by atoms with E-state index >= 15 is 0 Å². The van der Waals surface area contributed by atoms with Crippen LogP contribution in [0.1, 0.15) is 23.2 Å². The average molecular weight is 275 g/mol. The van der Waals surface area contributed by atoms with Crippen molar-refractivity contribution in [3.8, 4) is 0 Å². The summed E-state index contributed by atoms with van der Waals surface area (Å²) in [4.78, 5) is 24.3. The number of carbonyl (C=O) groups is 2. The van der Waals surface area contributed by atoms with Crippen LogP contribution in [0.2, 0.25) is 0 Å². The Morgan fingerprint density at radius 3 is 2.47 bits per heavy atom. The maximum Gasteiger partial charge on any atom is 0.454 e. The second-order valence-corrected chi connectivity index (χ2v) is 4.34. The molecule has 0 N–H and O–H groups in total. The lowest BCUT2D eigenvalue weighted by atomic mass is 10.2. The van der Waals surface area contributed by atoms with Crippen LogP contribution >= 0.6 is 0 Å². The lowest BCUT2D eigenvalue weighted by molar-refractivity contribution is -0.130. The Hall–Kier alpha value is -1.86. The molecule has 0 spiro atoms. The molecule has 2 heterocycles. The molecular weight excluding hydrogens is 263 g/mol. The van der Waals surface area contributed by atoms with Crippen LogP contribution in [-0.2, 0) is 11.3 Å². The second-order valence-electron chi connectivity index (χ2n) is 4.34. The molecule has 1 amide bonds. The number of hydrogen-bond acceptors (Lipinski definition) is 3. The summed E-state index contributed by atoms with van der Waals surface area (Å²) in [6.07, 6.45) is -1.28. The van der Waals surface area contributed by atoms with Crippen molar-refractivity contribution in [3.63, 3.8) is 0 Å². The predicted molar refractivity (Wildman–Crippen MR) is 58.4 cm³/mol. The number of carbonyl (C=O) groups excluding carboxylic acids is 2. The largest absolute Gasteiger partial charge is 0.454 e. The van der Waals surface area contributed by atoms with Gasteiger partial charge in [0.15, 0.2) is 0 Å². The van der Waals surface area contributed by atoms with E-state index in [-0.39, 0.29) is 12.5 Å². The first kappa shape index (κ1) is 13.6. The first-order chi connectivity index (χ1) is 8.88. The van der Waals surface area contributed by atoms with Gasteiger partial charge in [-0.25, -0.2) is 0 Å². The van der Waals surface area contributed by atoms with Crippen molar-refractivity contribution in [3.05, 3.63) is 18.0 Å². The fraction of sp³-hybridized carbons (Fsp3) is 0.545. The summed E-state index contributed by atoms with van der Waals surface area (Å²) in [5.41, 5.74) is -0.554. The molecule has 1 aliphatic heterocycles. The molecule has 0 saturated carbocycles. The second kappa shape index (κ2) is 5.02. The molecule has 19 heavy (non-hydrogen) atoms. The van der Waals surface area contributed by atoms with Crippen molar-refractivity contribution in [1.29, 1.82) is 0 Å². The minimum atomic E-state index is -4.92. The Morgan fingerprint density at radius 2 is 1.89 bits per heavy atom. The van der Waals surface area contributed by atoms with E-state index in [1.165, 1.54) is 0 Å². The monoisotopic (exact) mass is 275 g/mol. The summed E-state index contributed by atoms with van der Waals surface area (Å²) < 4.78 is 37.6. The van der Waals surface area contributed by atoms with Crippen molar-refractivity contribution < 1.29 is 22.8 Å². The molecule has 8 heteroatoms. The minimum absolute atomic E-state index is 0.148. The van der Waals surface area contributed by atoms with Crippen LogP contribution in [0.4, 0.5) is 13.2 Å². The number of halogens is 3. The number of aromatic nitrogens is 2. The topological polar surface area (TPSA) is 55.2 Å². The fourth-order valence-corrected chi connectivity index (χ4v) is 1.94. The molecule has 1 aromatic rings. The Balaban J connectivity index is 2.01. The van der Waals surface area contributed by atoms with Crippen molar-refractivity contribution >= 4 is 11.7 Å². The Kier molecular flexibility index (Phi) is 3.59. The molecule has 1 aliphatic rings. The fourth-order valence-electron chi connectivity index (χ4n) is 1.94. The van der Waals surface area contributed by atoms with Gasteiger partial charge in [0.05, 0.1) is 11.8 Å². The van der Waals surface area contributed by atoms with E-state index in [4.69, 9.17) is 0 Å². The Labute approximate surface area is 107 Å². The van der Waals surface area contributed by atoms with Crippen molar-refractivity contribution in [2.45, 2.75) is 25.6 Å². The highest BCUT2D eigenvalue weighted by molar-refractivity contribution is 5.99. The molecule has 1 aromatic heterocycles. The summed E-state index contributed by atoms with van der Waals surface area (Å²) in [6, 6.07) is 0. The number of amides is 1. The highest BCUT2D eigenvalue weighted by Gasteiger charge is 2.40. The summed E-state index contributed by atoms with van der Waals surface area (Å²) in [5.74, 6) is -2.15. The molecule has 0 unspecified atom stereocenters. The number of alkyl halides is 3. The number of rotatable bonds is 3. The third-order valence-electron chi connectivity index (χ3n) is 2.91. The molecule has 0 atom stereocenters. The number of nitrogens with zero attached hydrogens (tertiary/aromatic N) is 3. The lowest BCUT2D eigenvalue weighted by Gasteiger charge is -2.14. The number of hydrogen-bond donors (Lipinski definition) is 0. The summed E-state index contributed by atoms with van der Waals surface area (Å²) in [5, 5.41) is 3.61. The smallest absolute Gasteiger partial charge is 0.341 e. The van der Waals surface area contributed by atoms with E-state index in [1.54, 1.807) is 4.90 Å². The number of likely N-dealkylation sites (tertiary alicyclic amines) is 1. The third kappa shape index (κ3) is 3.12. The van der Waals surface area contributed by atoms with Gasteiger partial charge < -0.3 is 4.90 Å². The first-order valence-corrected chi connectivity index (χ1v) is 5.79. The molecular formula is C11H12F3N3O2. The average Bonchev–Trinajstić information content (AvgIpc) is 2.97. The molecule has 0 aromatic carbocycles. The maximum absolute atomic E-state index is 12.2. The lowest BCUT2D eigenvalue weighted by Crippen LogP contribution is -2.31. The van der Waals surface area contributed by atoms with Crippen LogP contribution in [0.25, 0.3) is 0 Å². The Morgan fingerprint density at radius 1 is 1.26 bits per heavy atom. The third-order valence-corrected chi connectivity index (χ3v) is 2.91. The van der Waals surface area contributed by atoms with Crippen LogP contribution in [0.15, 0.2) is 12.4 Å². The molecule has 1 saturated heterocycles. The SMILES string of the molecule is O=C(Cn1cc(C(=O)C(F)(F)F)cn1)N1CCCC1. The van der Waals surface area contributed by atoms with Gasteiger partial charge in [0.1, 0.15) is 6.54 Å². The van der Waals surface area contributed by atoms with Gasteiger partial charge in [-0.2, -0.15) is 18.3 Å². The van der Waals surface area contributed by atoms with Gasteiger partial charge in [0.2, 0.25) is 5.91 Å². The van der Waals surface area contributed by atoms with Gasteiger partial charge in [-0.1, -0.05) is 0 Å². The maximum atomic E-state index is 12.2. The van der Waals surface area contributed by atoms with Crippen LogP contribution in [0.5, 0.6) is 0 Å². The van der Waals surface area contributed by atoms with Gasteiger partial charge in [0, 0.05) is 19.3 Å². The zero-order valence-electron chi connectivity index (χ0n) is 9.98. The molecule has 0 bridgehead atoms. The molecule has 104 valence electrons. The first-order valence-electron chi connectivity index (χ1n) is 5.79.